The van der Waals surface area contributed by atoms with Crippen molar-refractivity contribution in [3.63, 3.8) is 0 Å². The average Bonchev–Trinajstić information content (AvgIpc) is 2.31. The summed E-state index contributed by atoms with van der Waals surface area (Å²) in [6.45, 7) is 1.88. The Morgan fingerprint density at radius 1 is 1.59 bits per heavy atom. The molecule has 1 aromatic heterocycles. The molecule has 1 atom stereocenters. The molecular weight excluding hydrogens is 261 g/mol. The van der Waals surface area contributed by atoms with Gasteiger partial charge in [-0.05, 0) is 18.6 Å². The van der Waals surface area contributed by atoms with E-state index in [2.05, 4.69) is 10.3 Å². The van der Waals surface area contributed by atoms with Crippen LogP contribution in [0.5, 0.6) is 0 Å². The molecule has 0 aromatic carbocycles. The lowest BCUT2D eigenvalue weighted by Gasteiger charge is -2.13. The van der Waals surface area contributed by atoms with Crippen LogP contribution >= 0.6 is 23.2 Å². The molecule has 4 nitrogen and oxygen atoms in total. The van der Waals surface area contributed by atoms with Crippen molar-refractivity contribution in [3.8, 4) is 6.07 Å². The number of carbonyl (C=O) groups is 1. The largest absolute Gasteiger partial charge is 0.347 e. The minimum absolute atomic E-state index is 0.0792. The molecule has 1 rings (SSSR count). The van der Waals surface area contributed by atoms with Gasteiger partial charge in [0, 0.05) is 6.04 Å². The van der Waals surface area contributed by atoms with E-state index in [1.165, 1.54) is 12.1 Å². The van der Waals surface area contributed by atoms with Crippen LogP contribution in [0.15, 0.2) is 12.1 Å². The summed E-state index contributed by atoms with van der Waals surface area (Å²) >= 11 is 11.5. The quantitative estimate of drug-likeness (QED) is 0.857. The summed E-state index contributed by atoms with van der Waals surface area (Å²) in [5.41, 5.74) is 0.0792. The molecule has 0 spiro atoms. The maximum absolute atomic E-state index is 11.8. The third-order valence-electron chi connectivity index (χ3n) is 2.19. The summed E-state index contributed by atoms with van der Waals surface area (Å²) in [6, 6.07) is 4.82. The highest BCUT2D eigenvalue weighted by Crippen LogP contribution is 2.17. The summed E-state index contributed by atoms with van der Waals surface area (Å²) in [4.78, 5) is 15.7. The van der Waals surface area contributed by atoms with Crippen molar-refractivity contribution in [2.24, 2.45) is 0 Å². The fourth-order valence-electron chi connectivity index (χ4n) is 1.24. The third kappa shape index (κ3) is 3.88. The van der Waals surface area contributed by atoms with Crippen molar-refractivity contribution in [2.75, 3.05) is 0 Å². The van der Waals surface area contributed by atoms with E-state index in [0.717, 1.165) is 0 Å². The van der Waals surface area contributed by atoms with E-state index in [1.807, 2.05) is 13.0 Å². The summed E-state index contributed by atoms with van der Waals surface area (Å²) in [7, 11) is 0. The number of halogens is 2. The zero-order chi connectivity index (χ0) is 12.8. The molecule has 0 fully saturated rings. The lowest BCUT2D eigenvalue weighted by molar-refractivity contribution is 0.0932. The van der Waals surface area contributed by atoms with Gasteiger partial charge in [0.2, 0.25) is 0 Å². The first-order valence-electron chi connectivity index (χ1n) is 5.08. The van der Waals surface area contributed by atoms with Gasteiger partial charge in [-0.15, -0.1) is 0 Å². The first-order chi connectivity index (χ1) is 8.08. The van der Waals surface area contributed by atoms with Crippen LogP contribution in [-0.4, -0.2) is 16.9 Å². The number of carbonyl (C=O) groups excluding carboxylic acids is 1. The second-order valence-corrected chi connectivity index (χ2v) is 4.20. The maximum Gasteiger partial charge on any atom is 0.271 e. The van der Waals surface area contributed by atoms with Gasteiger partial charge in [0.05, 0.1) is 17.5 Å². The Morgan fingerprint density at radius 3 is 2.88 bits per heavy atom. The zero-order valence-corrected chi connectivity index (χ0v) is 10.7. The van der Waals surface area contributed by atoms with E-state index < -0.39 is 5.91 Å². The number of aromatic nitrogens is 1. The normalized spacial score (nSPS) is 11.6. The molecule has 90 valence electrons. The summed E-state index contributed by atoms with van der Waals surface area (Å²) in [6.07, 6.45) is 0.915. The Bertz CT molecular complexity index is 457. The van der Waals surface area contributed by atoms with E-state index in [9.17, 15) is 4.79 Å². The number of hydrogen-bond donors (Lipinski definition) is 1. The van der Waals surface area contributed by atoms with Gasteiger partial charge < -0.3 is 5.32 Å². The second kappa shape index (κ2) is 6.43. The Labute approximate surface area is 110 Å². The second-order valence-electron chi connectivity index (χ2n) is 3.41. The molecule has 1 amide bonds. The molecule has 0 saturated carbocycles. The van der Waals surface area contributed by atoms with Crippen molar-refractivity contribution >= 4 is 29.1 Å². The number of rotatable bonds is 4. The summed E-state index contributed by atoms with van der Waals surface area (Å²) < 4.78 is 0. The van der Waals surface area contributed by atoms with Crippen LogP contribution in [0.25, 0.3) is 0 Å². The zero-order valence-electron chi connectivity index (χ0n) is 9.20. The fraction of sp³-hybridized carbons (Fsp3) is 0.364. The Morgan fingerprint density at radius 2 is 2.29 bits per heavy atom. The monoisotopic (exact) mass is 271 g/mol. The van der Waals surface area contributed by atoms with E-state index in [4.69, 9.17) is 28.5 Å². The van der Waals surface area contributed by atoms with Crippen LogP contribution in [0.1, 0.15) is 30.3 Å². The van der Waals surface area contributed by atoms with Gasteiger partial charge in [0.1, 0.15) is 10.8 Å². The van der Waals surface area contributed by atoms with Crippen molar-refractivity contribution in [2.45, 2.75) is 25.8 Å². The van der Waals surface area contributed by atoms with Crippen molar-refractivity contribution in [1.82, 2.24) is 10.3 Å². The average molecular weight is 272 g/mol. The van der Waals surface area contributed by atoms with Gasteiger partial charge in [-0.1, -0.05) is 30.1 Å². The predicted molar refractivity (Wildman–Crippen MR) is 66.0 cm³/mol. The van der Waals surface area contributed by atoms with Crippen LogP contribution in [0, 0.1) is 11.3 Å². The third-order valence-corrected chi connectivity index (χ3v) is 2.71. The molecule has 0 saturated heterocycles. The summed E-state index contributed by atoms with van der Waals surface area (Å²) in [5.74, 6) is -0.417. The first kappa shape index (κ1) is 13.8. The van der Waals surface area contributed by atoms with Gasteiger partial charge in [-0.25, -0.2) is 4.98 Å². The van der Waals surface area contributed by atoms with Gasteiger partial charge in [-0.3, -0.25) is 4.79 Å². The van der Waals surface area contributed by atoms with Crippen molar-refractivity contribution in [3.05, 3.63) is 28.0 Å². The molecule has 1 heterocycles. The van der Waals surface area contributed by atoms with Gasteiger partial charge in [0.15, 0.2) is 0 Å². The van der Waals surface area contributed by atoms with Crippen LogP contribution in [0.3, 0.4) is 0 Å². The molecule has 1 aromatic rings. The van der Waals surface area contributed by atoms with Crippen LogP contribution in [-0.2, 0) is 0 Å². The maximum atomic E-state index is 11.8. The summed E-state index contributed by atoms with van der Waals surface area (Å²) in [5, 5.41) is 11.7. The standard InChI is InChI=1S/C11H11Cl2N3O/c1-2-7(5-6-14)15-11(17)10-8(12)3-4-9(13)16-10/h3-4,7H,2,5H2,1H3,(H,15,17). The minimum Gasteiger partial charge on any atom is -0.347 e. The van der Waals surface area contributed by atoms with E-state index in [1.54, 1.807) is 0 Å². The number of hydrogen-bond acceptors (Lipinski definition) is 3. The number of nitrogens with one attached hydrogen (secondary N) is 1. The lowest BCUT2D eigenvalue weighted by Crippen LogP contribution is -2.34. The Kier molecular flexibility index (Phi) is 5.20. The van der Waals surface area contributed by atoms with E-state index in [-0.39, 0.29) is 28.3 Å². The first-order valence-corrected chi connectivity index (χ1v) is 5.84. The molecular formula is C11H11Cl2N3O. The van der Waals surface area contributed by atoms with Gasteiger partial charge in [0.25, 0.3) is 5.91 Å². The fourth-order valence-corrected chi connectivity index (χ4v) is 1.58. The molecule has 6 heteroatoms. The van der Waals surface area contributed by atoms with E-state index >= 15 is 0 Å². The van der Waals surface area contributed by atoms with E-state index in [0.29, 0.717) is 6.42 Å². The molecule has 0 aliphatic heterocycles. The highest BCUT2D eigenvalue weighted by atomic mass is 35.5. The number of nitrogens with zero attached hydrogens (tertiary/aromatic N) is 2. The molecule has 1 N–H and O–H groups in total. The highest BCUT2D eigenvalue weighted by Gasteiger charge is 2.16. The smallest absolute Gasteiger partial charge is 0.271 e. The molecule has 1 unspecified atom stereocenters. The van der Waals surface area contributed by atoms with Crippen LogP contribution in [0.2, 0.25) is 10.2 Å². The minimum atomic E-state index is -0.417. The number of nitriles is 1. The van der Waals surface area contributed by atoms with Crippen molar-refractivity contribution in [1.29, 1.82) is 5.26 Å². The Balaban J connectivity index is 2.82. The molecule has 0 radical (unpaired) electrons. The SMILES string of the molecule is CCC(CC#N)NC(=O)c1nc(Cl)ccc1Cl. The van der Waals surface area contributed by atoms with Crippen molar-refractivity contribution < 1.29 is 4.79 Å². The molecule has 0 aliphatic rings. The predicted octanol–water partition coefficient (Wildman–Crippen LogP) is 2.81. The van der Waals surface area contributed by atoms with Crippen LogP contribution < -0.4 is 5.32 Å². The highest BCUT2D eigenvalue weighted by molar-refractivity contribution is 6.34. The molecule has 0 bridgehead atoms. The topological polar surface area (TPSA) is 65.8 Å². The van der Waals surface area contributed by atoms with Gasteiger partial charge >= 0.3 is 0 Å². The van der Waals surface area contributed by atoms with Gasteiger partial charge in [-0.2, -0.15) is 5.26 Å². The Hall–Kier alpha value is -1.31. The number of amides is 1. The number of pyridine rings is 1. The lowest BCUT2D eigenvalue weighted by atomic mass is 10.1. The molecule has 0 aliphatic carbocycles. The van der Waals surface area contributed by atoms with Crippen LogP contribution in [0.4, 0.5) is 0 Å². The molecule has 17 heavy (non-hydrogen) atoms.